The predicted molar refractivity (Wildman–Crippen MR) is 91.4 cm³/mol. The largest absolute Gasteiger partial charge is 1.00 e. The monoisotopic (exact) mass is 378 g/mol. The summed E-state index contributed by atoms with van der Waals surface area (Å²) in [7, 11) is -9.05. The number of rotatable bonds is 4. The van der Waals surface area contributed by atoms with Gasteiger partial charge in [-0.3, -0.25) is 9.11 Å². The molecule has 6 N–H and O–H groups in total. The number of hydrogen-bond acceptors (Lipinski definition) is 6. The van der Waals surface area contributed by atoms with Crippen molar-refractivity contribution in [2.75, 3.05) is 11.5 Å². The Morgan fingerprint density at radius 1 is 0.760 bits per heavy atom. The quantitative estimate of drug-likeness (QED) is 0.219. The van der Waals surface area contributed by atoms with Gasteiger partial charge in [-0.1, -0.05) is 24.3 Å². The van der Waals surface area contributed by atoms with Gasteiger partial charge in [-0.25, -0.2) is 0 Å². The molecule has 2 rings (SSSR count). The summed E-state index contributed by atoms with van der Waals surface area (Å²) >= 11 is 0. The third-order valence-corrected chi connectivity index (χ3v) is 4.89. The van der Waals surface area contributed by atoms with Crippen LogP contribution in [0.2, 0.25) is 0 Å². The van der Waals surface area contributed by atoms with Crippen molar-refractivity contribution >= 4 is 43.8 Å². The Kier molecular flexibility index (Phi) is 6.47. The van der Waals surface area contributed by atoms with Gasteiger partial charge in [-0.05, 0) is 35.4 Å². The van der Waals surface area contributed by atoms with E-state index in [0.717, 1.165) is 12.1 Å². The van der Waals surface area contributed by atoms with Gasteiger partial charge in [0.05, 0.1) is 0 Å². The number of benzene rings is 2. The van der Waals surface area contributed by atoms with E-state index in [-0.39, 0.29) is 42.8 Å². The molecule has 0 aromatic heterocycles. The first kappa shape index (κ1) is 21.2. The summed E-state index contributed by atoms with van der Waals surface area (Å²) in [6.07, 6.45) is 2.53. The third-order valence-electron chi connectivity index (χ3n) is 3.07. The second-order valence-electron chi connectivity index (χ2n) is 4.88. The van der Waals surface area contributed by atoms with Gasteiger partial charge in [0.2, 0.25) is 0 Å². The molecule has 0 spiro atoms. The van der Waals surface area contributed by atoms with Crippen molar-refractivity contribution in [3.05, 3.63) is 47.5 Å². The first-order valence-corrected chi connectivity index (χ1v) is 9.28. The minimum Gasteiger partial charge on any atom is -1.00 e. The minimum atomic E-state index is -4.52. The molecule has 0 atom stereocenters. The third kappa shape index (κ3) is 5.34. The van der Waals surface area contributed by atoms with Crippen LogP contribution in [-0.2, 0) is 20.2 Å². The Hall–Kier alpha value is -1.80. The molecule has 0 heterocycles. The van der Waals surface area contributed by atoms with E-state index in [9.17, 15) is 25.9 Å². The van der Waals surface area contributed by atoms with Crippen molar-refractivity contribution in [1.82, 2.24) is 0 Å². The van der Waals surface area contributed by atoms with E-state index in [1.54, 1.807) is 0 Å². The SMILES string of the molecule is Nc1ccc(/C=C/c2ccc(N)cc2S(=O)(=O)O)c(S(=O)(=O)O)c1.[H-].[Li+]. The molecule has 0 bridgehead atoms. The maximum absolute atomic E-state index is 11.4. The van der Waals surface area contributed by atoms with E-state index >= 15 is 0 Å². The molecule has 0 unspecified atom stereocenters. The molecule has 25 heavy (non-hydrogen) atoms. The van der Waals surface area contributed by atoms with Gasteiger partial charge < -0.3 is 12.9 Å². The molecule has 11 heteroatoms. The van der Waals surface area contributed by atoms with Gasteiger partial charge in [0.25, 0.3) is 20.2 Å². The molecule has 0 fully saturated rings. The summed E-state index contributed by atoms with van der Waals surface area (Å²) in [6, 6.07) is 7.67. The molecule has 2 aromatic carbocycles. The maximum atomic E-state index is 11.4. The molecule has 0 aliphatic rings. The van der Waals surface area contributed by atoms with Gasteiger partial charge in [0, 0.05) is 11.4 Å². The topological polar surface area (TPSA) is 161 Å². The molecular formula is C14H15LiN2O6S2. The molecule has 2 aromatic rings. The Morgan fingerprint density at radius 3 is 1.36 bits per heavy atom. The van der Waals surface area contributed by atoms with Crippen LogP contribution in [-0.4, -0.2) is 25.9 Å². The van der Waals surface area contributed by atoms with Crippen LogP contribution in [0.3, 0.4) is 0 Å². The Balaban J connectivity index is 0.00000312. The van der Waals surface area contributed by atoms with E-state index < -0.39 is 30.0 Å². The van der Waals surface area contributed by atoms with Gasteiger partial charge in [0.1, 0.15) is 9.79 Å². The summed E-state index contributed by atoms with van der Waals surface area (Å²) in [6.45, 7) is 0. The molecule has 0 aliphatic heterocycles. The zero-order chi connectivity index (χ0) is 18.1. The van der Waals surface area contributed by atoms with Gasteiger partial charge >= 0.3 is 18.9 Å². The van der Waals surface area contributed by atoms with Crippen LogP contribution in [0.25, 0.3) is 12.2 Å². The zero-order valence-electron chi connectivity index (χ0n) is 14.1. The van der Waals surface area contributed by atoms with Crippen LogP contribution in [0.1, 0.15) is 12.6 Å². The van der Waals surface area contributed by atoms with E-state index in [1.165, 1.54) is 36.4 Å². The van der Waals surface area contributed by atoms with Gasteiger partial charge in [-0.2, -0.15) is 16.8 Å². The molecule has 0 radical (unpaired) electrons. The van der Waals surface area contributed by atoms with Crippen LogP contribution in [0, 0.1) is 0 Å². The normalized spacial score (nSPS) is 12.1. The molecule has 0 saturated carbocycles. The molecule has 0 amide bonds. The Bertz CT molecular complexity index is 956. The van der Waals surface area contributed by atoms with Crippen molar-refractivity contribution in [2.24, 2.45) is 0 Å². The fraction of sp³-hybridized carbons (Fsp3) is 0. The van der Waals surface area contributed by atoms with Gasteiger partial charge in [0.15, 0.2) is 0 Å². The van der Waals surface area contributed by atoms with Crippen molar-refractivity contribution in [3.63, 3.8) is 0 Å². The molecule has 8 nitrogen and oxygen atoms in total. The predicted octanol–water partition coefficient (Wildman–Crippen LogP) is -1.37. The summed E-state index contributed by atoms with van der Waals surface area (Å²) in [5.41, 5.74) is 11.4. The second-order valence-corrected chi connectivity index (χ2v) is 7.66. The minimum absolute atomic E-state index is 0. The van der Waals surface area contributed by atoms with E-state index in [4.69, 9.17) is 11.5 Å². The Labute approximate surface area is 158 Å². The molecule has 0 aliphatic carbocycles. The van der Waals surface area contributed by atoms with Crippen LogP contribution >= 0.6 is 0 Å². The first-order chi connectivity index (χ1) is 11.0. The van der Waals surface area contributed by atoms with E-state index in [2.05, 4.69) is 0 Å². The summed E-state index contributed by atoms with van der Waals surface area (Å²) in [5, 5.41) is 0. The van der Waals surface area contributed by atoms with Crippen molar-refractivity contribution in [1.29, 1.82) is 0 Å². The van der Waals surface area contributed by atoms with E-state index in [0.29, 0.717) is 0 Å². The smallest absolute Gasteiger partial charge is 1.00 e. The average molecular weight is 378 g/mol. The van der Waals surface area contributed by atoms with Crippen LogP contribution in [0.4, 0.5) is 11.4 Å². The fourth-order valence-electron chi connectivity index (χ4n) is 2.00. The molecule has 130 valence electrons. The first-order valence-electron chi connectivity index (χ1n) is 6.40. The molecular weight excluding hydrogens is 363 g/mol. The van der Waals surface area contributed by atoms with Crippen molar-refractivity contribution < 1.29 is 46.2 Å². The van der Waals surface area contributed by atoms with Gasteiger partial charge in [-0.15, -0.1) is 0 Å². The summed E-state index contributed by atoms with van der Waals surface area (Å²) in [4.78, 5) is -0.856. The van der Waals surface area contributed by atoms with E-state index in [1.807, 2.05) is 0 Å². The van der Waals surface area contributed by atoms with Crippen LogP contribution in [0.5, 0.6) is 0 Å². The second kappa shape index (κ2) is 7.61. The molecule has 0 saturated heterocycles. The number of anilines is 2. The average Bonchev–Trinajstić information content (AvgIpc) is 2.45. The Morgan fingerprint density at radius 2 is 1.08 bits per heavy atom. The van der Waals surface area contributed by atoms with Crippen LogP contribution in [0.15, 0.2) is 46.2 Å². The summed E-state index contributed by atoms with van der Waals surface area (Å²) < 4.78 is 64.1. The number of hydrogen-bond donors (Lipinski definition) is 4. The van der Waals surface area contributed by atoms with Crippen molar-refractivity contribution in [2.45, 2.75) is 9.79 Å². The fourth-order valence-corrected chi connectivity index (χ4v) is 3.44. The number of nitrogens with two attached hydrogens (primary N) is 2. The summed E-state index contributed by atoms with van der Waals surface area (Å²) in [5.74, 6) is 0. The standard InChI is InChI=1S/C14H14N2O6S2.Li.H/c15-11-5-3-9(13(7-11)23(17,18)19)1-2-10-4-6-12(16)8-14(10)24(20,21)22;;/h1-8H,15-16H2,(H,17,18,19)(H,20,21,22);;/q;+1;-1/b2-1+;;. The maximum Gasteiger partial charge on any atom is 1.00 e. The zero-order valence-corrected chi connectivity index (χ0v) is 14.8. The number of nitrogen functional groups attached to an aromatic ring is 2. The van der Waals surface area contributed by atoms with Crippen molar-refractivity contribution in [3.8, 4) is 0 Å². The van der Waals surface area contributed by atoms with Crippen LogP contribution < -0.4 is 30.3 Å².